The van der Waals surface area contributed by atoms with E-state index in [4.69, 9.17) is 16.3 Å². The second-order valence-electron chi connectivity index (χ2n) is 6.34. The quantitative estimate of drug-likeness (QED) is 0.454. The van der Waals surface area contributed by atoms with Gasteiger partial charge in [-0.1, -0.05) is 23.7 Å². The molecular formula is C22H25ClN2O4S. The van der Waals surface area contributed by atoms with Crippen molar-refractivity contribution in [2.75, 3.05) is 25.0 Å². The third-order valence-electron chi connectivity index (χ3n) is 4.38. The van der Waals surface area contributed by atoms with Crippen molar-refractivity contribution in [2.24, 2.45) is 0 Å². The fourth-order valence-corrected chi connectivity index (χ4v) is 4.21. The van der Waals surface area contributed by atoms with Crippen LogP contribution in [-0.4, -0.2) is 42.4 Å². The lowest BCUT2D eigenvalue weighted by Crippen LogP contribution is -2.30. The lowest BCUT2D eigenvalue weighted by molar-refractivity contribution is -0.111. The Morgan fingerprint density at radius 2 is 1.90 bits per heavy atom. The number of nitrogens with zero attached hydrogens (tertiary/aromatic N) is 1. The fraction of sp³-hybridized carbons (Fsp3) is 0.318. The second-order valence-corrected chi connectivity index (χ2v) is 7.79. The standard InChI is InChI=1S/C22H25ClN2O4S/c1-5-25(6-2)21(27)19-14(4)18(22(28)29-7-3)20(30-19)24-17(26)12-11-15-9-8-10-16(23)13-15/h8-13H,5-7H2,1-4H3,(H,24,26)/b12-11+. The van der Waals surface area contributed by atoms with Crippen molar-refractivity contribution in [2.45, 2.75) is 27.7 Å². The smallest absolute Gasteiger partial charge is 0.341 e. The molecule has 0 unspecified atom stereocenters. The SMILES string of the molecule is CCOC(=O)c1c(NC(=O)/C=C/c2cccc(Cl)c2)sc(C(=O)N(CC)CC)c1C. The van der Waals surface area contributed by atoms with Gasteiger partial charge in [0.2, 0.25) is 5.91 Å². The van der Waals surface area contributed by atoms with Crippen LogP contribution in [-0.2, 0) is 9.53 Å². The first-order chi connectivity index (χ1) is 14.3. The summed E-state index contributed by atoms with van der Waals surface area (Å²) in [6.45, 7) is 8.46. The van der Waals surface area contributed by atoms with Crippen LogP contribution in [0.3, 0.4) is 0 Å². The molecule has 0 aliphatic carbocycles. The molecule has 0 radical (unpaired) electrons. The number of hydrogen-bond acceptors (Lipinski definition) is 5. The number of amides is 2. The maximum Gasteiger partial charge on any atom is 0.341 e. The monoisotopic (exact) mass is 448 g/mol. The summed E-state index contributed by atoms with van der Waals surface area (Å²) in [5.41, 5.74) is 1.48. The van der Waals surface area contributed by atoms with Crippen LogP contribution in [0.15, 0.2) is 30.3 Å². The summed E-state index contributed by atoms with van der Waals surface area (Å²) in [5, 5.41) is 3.57. The molecule has 0 fully saturated rings. The topological polar surface area (TPSA) is 75.7 Å². The van der Waals surface area contributed by atoms with Crippen LogP contribution in [0.4, 0.5) is 5.00 Å². The number of esters is 1. The summed E-state index contributed by atoms with van der Waals surface area (Å²) in [4.78, 5) is 39.9. The van der Waals surface area contributed by atoms with Gasteiger partial charge in [0.15, 0.2) is 0 Å². The van der Waals surface area contributed by atoms with E-state index >= 15 is 0 Å². The molecule has 0 aliphatic heterocycles. The Balaban J connectivity index is 2.34. The Morgan fingerprint density at radius 3 is 2.50 bits per heavy atom. The Bertz CT molecular complexity index is 964. The lowest BCUT2D eigenvalue weighted by Gasteiger charge is -2.18. The number of benzene rings is 1. The number of nitrogens with one attached hydrogen (secondary N) is 1. The third-order valence-corrected chi connectivity index (χ3v) is 5.81. The highest BCUT2D eigenvalue weighted by molar-refractivity contribution is 7.18. The van der Waals surface area contributed by atoms with E-state index in [-0.39, 0.29) is 18.1 Å². The summed E-state index contributed by atoms with van der Waals surface area (Å²) in [6.07, 6.45) is 2.97. The number of carbonyl (C=O) groups is 3. The van der Waals surface area contributed by atoms with Crippen molar-refractivity contribution in [3.63, 3.8) is 0 Å². The Hall–Kier alpha value is -2.64. The van der Waals surface area contributed by atoms with Gasteiger partial charge < -0.3 is 15.0 Å². The highest BCUT2D eigenvalue weighted by Crippen LogP contribution is 2.34. The van der Waals surface area contributed by atoms with Crippen LogP contribution in [0, 0.1) is 6.92 Å². The van der Waals surface area contributed by atoms with Crippen LogP contribution in [0.2, 0.25) is 5.02 Å². The van der Waals surface area contributed by atoms with Crippen LogP contribution >= 0.6 is 22.9 Å². The van der Waals surface area contributed by atoms with E-state index in [0.29, 0.717) is 33.6 Å². The zero-order valence-corrected chi connectivity index (χ0v) is 19.0. The van der Waals surface area contributed by atoms with Gasteiger partial charge in [-0.05, 0) is 57.0 Å². The number of anilines is 1. The molecule has 160 valence electrons. The summed E-state index contributed by atoms with van der Waals surface area (Å²) >= 11 is 7.04. The van der Waals surface area contributed by atoms with Crippen LogP contribution in [0.1, 0.15) is 51.9 Å². The molecule has 0 bridgehead atoms. The Kier molecular flexibility index (Phi) is 8.62. The Labute approximate surface area is 185 Å². The molecule has 2 rings (SSSR count). The molecule has 2 aromatic rings. The highest BCUT2D eigenvalue weighted by atomic mass is 35.5. The summed E-state index contributed by atoms with van der Waals surface area (Å²) < 4.78 is 5.14. The maximum absolute atomic E-state index is 12.8. The molecule has 0 atom stereocenters. The highest BCUT2D eigenvalue weighted by Gasteiger charge is 2.27. The van der Waals surface area contributed by atoms with Crippen molar-refractivity contribution < 1.29 is 19.1 Å². The number of ether oxygens (including phenoxy) is 1. The van der Waals surface area contributed by atoms with Crippen molar-refractivity contribution in [3.05, 3.63) is 56.9 Å². The number of halogens is 1. The molecule has 6 nitrogen and oxygen atoms in total. The zero-order valence-electron chi connectivity index (χ0n) is 17.5. The minimum atomic E-state index is -0.570. The molecular weight excluding hydrogens is 424 g/mol. The number of rotatable bonds is 8. The maximum atomic E-state index is 12.8. The van der Waals surface area contributed by atoms with Gasteiger partial charge in [0, 0.05) is 24.2 Å². The van der Waals surface area contributed by atoms with E-state index < -0.39 is 11.9 Å². The largest absolute Gasteiger partial charge is 0.462 e. The van der Waals surface area contributed by atoms with Gasteiger partial charge >= 0.3 is 5.97 Å². The zero-order chi connectivity index (χ0) is 22.3. The second kappa shape index (κ2) is 10.9. The van der Waals surface area contributed by atoms with E-state index in [0.717, 1.165) is 16.9 Å². The van der Waals surface area contributed by atoms with Crippen LogP contribution in [0.5, 0.6) is 0 Å². The predicted molar refractivity (Wildman–Crippen MR) is 121 cm³/mol. The molecule has 2 amide bonds. The number of carbonyl (C=O) groups excluding carboxylic acids is 3. The molecule has 0 aliphatic rings. The van der Waals surface area contributed by atoms with Gasteiger partial charge in [-0.3, -0.25) is 9.59 Å². The fourth-order valence-electron chi connectivity index (χ4n) is 2.84. The molecule has 1 aromatic carbocycles. The number of hydrogen-bond donors (Lipinski definition) is 1. The summed E-state index contributed by atoms with van der Waals surface area (Å²) in [7, 11) is 0. The Morgan fingerprint density at radius 1 is 1.20 bits per heavy atom. The predicted octanol–water partition coefficient (Wildman–Crippen LogP) is 5.02. The molecule has 0 saturated carbocycles. The van der Waals surface area contributed by atoms with Crippen LogP contribution in [0.25, 0.3) is 6.08 Å². The van der Waals surface area contributed by atoms with E-state index in [1.165, 1.54) is 6.08 Å². The van der Waals surface area contributed by atoms with Crippen molar-refractivity contribution in [1.82, 2.24) is 4.90 Å². The first-order valence-corrected chi connectivity index (χ1v) is 10.9. The van der Waals surface area contributed by atoms with Crippen molar-refractivity contribution in [1.29, 1.82) is 0 Å². The lowest BCUT2D eigenvalue weighted by atomic mass is 10.1. The molecule has 0 spiro atoms. The van der Waals surface area contributed by atoms with Gasteiger partial charge in [0.25, 0.3) is 5.91 Å². The molecule has 0 saturated heterocycles. The molecule has 1 aromatic heterocycles. The molecule has 1 heterocycles. The van der Waals surface area contributed by atoms with Crippen molar-refractivity contribution in [3.8, 4) is 0 Å². The van der Waals surface area contributed by atoms with Gasteiger partial charge in [0.05, 0.1) is 17.0 Å². The van der Waals surface area contributed by atoms with Gasteiger partial charge in [0.1, 0.15) is 5.00 Å². The third kappa shape index (κ3) is 5.70. The summed E-state index contributed by atoms with van der Waals surface area (Å²) in [6, 6.07) is 7.07. The van der Waals surface area contributed by atoms with Crippen LogP contribution < -0.4 is 5.32 Å². The molecule has 30 heavy (non-hydrogen) atoms. The first-order valence-electron chi connectivity index (χ1n) is 9.66. The summed E-state index contributed by atoms with van der Waals surface area (Å²) in [5.74, 6) is -1.18. The number of thiophene rings is 1. The normalized spacial score (nSPS) is 10.8. The van der Waals surface area contributed by atoms with Gasteiger partial charge in [-0.15, -0.1) is 11.3 Å². The van der Waals surface area contributed by atoms with E-state index in [9.17, 15) is 14.4 Å². The minimum absolute atomic E-state index is 0.178. The van der Waals surface area contributed by atoms with E-state index in [1.54, 1.807) is 43.0 Å². The molecule has 1 N–H and O–H groups in total. The average molecular weight is 449 g/mol. The van der Waals surface area contributed by atoms with Gasteiger partial charge in [-0.25, -0.2) is 4.79 Å². The van der Waals surface area contributed by atoms with Crippen molar-refractivity contribution >= 4 is 51.8 Å². The van der Waals surface area contributed by atoms with Gasteiger partial charge in [-0.2, -0.15) is 0 Å². The first kappa shape index (κ1) is 23.6. The minimum Gasteiger partial charge on any atom is -0.462 e. The molecule has 8 heteroatoms. The van der Waals surface area contributed by atoms with E-state index in [2.05, 4.69) is 5.32 Å². The average Bonchev–Trinajstić information content (AvgIpc) is 3.03. The van der Waals surface area contributed by atoms with E-state index in [1.807, 2.05) is 19.9 Å².